The normalized spacial score (nSPS) is 13.8. The van der Waals surface area contributed by atoms with Crippen molar-refractivity contribution in [2.75, 3.05) is 45.7 Å². The molecule has 1 heterocycles. The van der Waals surface area contributed by atoms with Crippen molar-refractivity contribution < 1.29 is 14.3 Å². The first-order chi connectivity index (χ1) is 14.0. The topological polar surface area (TPSA) is 61.9 Å². The van der Waals surface area contributed by atoms with Gasteiger partial charge >= 0.3 is 0 Å². The molecule has 29 heavy (non-hydrogen) atoms. The molecule has 0 saturated heterocycles. The number of likely N-dealkylation sites (N-methyl/N-ethyl adjacent to an activating group) is 1. The summed E-state index contributed by atoms with van der Waals surface area (Å²) in [6.45, 7) is 1.65. The van der Waals surface area contributed by atoms with E-state index in [0.717, 1.165) is 6.42 Å². The lowest BCUT2D eigenvalue weighted by molar-refractivity contribution is -0.132. The van der Waals surface area contributed by atoms with Crippen LogP contribution in [0.1, 0.15) is 12.0 Å². The van der Waals surface area contributed by atoms with Crippen LogP contribution < -0.4 is 10.1 Å². The summed E-state index contributed by atoms with van der Waals surface area (Å²) in [5.41, 5.74) is 3.16. The molecule has 3 rings (SSSR count). The molecule has 1 N–H and O–H groups in total. The smallest absolute Gasteiger partial charge is 0.238 e. The largest absolute Gasteiger partial charge is 0.497 e. The number of amides is 2. The Labute approximate surface area is 171 Å². The molecule has 0 spiro atoms. The fourth-order valence-corrected chi connectivity index (χ4v) is 3.34. The van der Waals surface area contributed by atoms with E-state index >= 15 is 0 Å². The zero-order valence-corrected chi connectivity index (χ0v) is 16.9. The predicted octanol–water partition coefficient (Wildman–Crippen LogP) is 2.88. The highest BCUT2D eigenvalue weighted by Gasteiger charge is 2.20. The molecule has 2 aromatic rings. The van der Waals surface area contributed by atoms with Gasteiger partial charge in [-0.25, -0.2) is 0 Å². The van der Waals surface area contributed by atoms with Gasteiger partial charge in [-0.3, -0.25) is 14.5 Å². The number of methoxy groups -OCH3 is 1. The van der Waals surface area contributed by atoms with Crippen LogP contribution in [0.25, 0.3) is 5.57 Å². The summed E-state index contributed by atoms with van der Waals surface area (Å²) >= 11 is 0. The second-order valence-corrected chi connectivity index (χ2v) is 7.14. The summed E-state index contributed by atoms with van der Waals surface area (Å²) in [5.74, 6) is 0.544. The van der Waals surface area contributed by atoms with Crippen LogP contribution in [0.3, 0.4) is 0 Å². The number of carbonyl (C=O) groups is 2. The molecule has 0 saturated carbocycles. The summed E-state index contributed by atoms with van der Waals surface area (Å²) in [7, 11) is 3.36. The third kappa shape index (κ3) is 5.93. The first kappa shape index (κ1) is 20.6. The molecule has 6 nitrogen and oxygen atoms in total. The first-order valence-corrected chi connectivity index (χ1v) is 9.70. The Morgan fingerprint density at radius 2 is 1.90 bits per heavy atom. The standard InChI is InChI=1S/C23H27N3O3/c1-25(16-22(27)24-20-9-6-10-21(15-20)29-2)17-23(28)26-13-11-19(12-14-26)18-7-4-3-5-8-18/h3-11,15H,12-14,16-17H2,1-2H3,(H,24,27). The van der Waals surface area contributed by atoms with Gasteiger partial charge in [0.2, 0.25) is 11.8 Å². The number of carbonyl (C=O) groups excluding carboxylic acids is 2. The van der Waals surface area contributed by atoms with Crippen molar-refractivity contribution in [2.45, 2.75) is 6.42 Å². The number of anilines is 1. The number of rotatable bonds is 7. The van der Waals surface area contributed by atoms with Crippen molar-refractivity contribution in [1.82, 2.24) is 9.80 Å². The van der Waals surface area contributed by atoms with Crippen LogP contribution in [0, 0.1) is 0 Å². The van der Waals surface area contributed by atoms with E-state index in [4.69, 9.17) is 4.74 Å². The maximum Gasteiger partial charge on any atom is 0.238 e. The van der Waals surface area contributed by atoms with Gasteiger partial charge in [0.05, 0.1) is 20.2 Å². The summed E-state index contributed by atoms with van der Waals surface area (Å²) in [5, 5.41) is 2.83. The van der Waals surface area contributed by atoms with Crippen LogP contribution in [0.15, 0.2) is 60.7 Å². The van der Waals surface area contributed by atoms with Crippen molar-refractivity contribution in [2.24, 2.45) is 0 Å². The minimum Gasteiger partial charge on any atom is -0.497 e. The van der Waals surface area contributed by atoms with Gasteiger partial charge in [0.1, 0.15) is 5.75 Å². The van der Waals surface area contributed by atoms with E-state index < -0.39 is 0 Å². The molecule has 0 aliphatic carbocycles. The van der Waals surface area contributed by atoms with E-state index in [2.05, 4.69) is 23.5 Å². The van der Waals surface area contributed by atoms with Crippen molar-refractivity contribution >= 4 is 23.1 Å². The number of hydrogen-bond donors (Lipinski definition) is 1. The highest BCUT2D eigenvalue weighted by molar-refractivity contribution is 5.92. The minimum atomic E-state index is -0.168. The van der Waals surface area contributed by atoms with Crippen LogP contribution in [-0.4, -0.2) is 62.0 Å². The summed E-state index contributed by atoms with van der Waals surface area (Å²) in [6, 6.07) is 17.4. The third-order valence-corrected chi connectivity index (χ3v) is 4.88. The third-order valence-electron chi connectivity index (χ3n) is 4.88. The van der Waals surface area contributed by atoms with Crippen molar-refractivity contribution in [3.63, 3.8) is 0 Å². The Morgan fingerprint density at radius 1 is 1.10 bits per heavy atom. The number of hydrogen-bond acceptors (Lipinski definition) is 4. The maximum atomic E-state index is 12.6. The van der Waals surface area contributed by atoms with Crippen LogP contribution in [0.2, 0.25) is 0 Å². The number of nitrogens with one attached hydrogen (secondary N) is 1. The van der Waals surface area contributed by atoms with Crippen molar-refractivity contribution in [3.05, 3.63) is 66.2 Å². The molecule has 152 valence electrons. The van der Waals surface area contributed by atoms with E-state index in [9.17, 15) is 9.59 Å². The molecule has 0 aromatic heterocycles. The second-order valence-electron chi connectivity index (χ2n) is 7.14. The second kappa shape index (κ2) is 9.89. The number of ether oxygens (including phenoxy) is 1. The zero-order chi connectivity index (χ0) is 20.6. The lowest BCUT2D eigenvalue weighted by atomic mass is 9.99. The predicted molar refractivity (Wildman–Crippen MR) is 115 cm³/mol. The lowest BCUT2D eigenvalue weighted by Gasteiger charge is -2.28. The van der Waals surface area contributed by atoms with Crippen molar-refractivity contribution in [3.8, 4) is 5.75 Å². The minimum absolute atomic E-state index is 0.0324. The Balaban J connectivity index is 1.46. The maximum absolute atomic E-state index is 12.6. The van der Waals surface area contributed by atoms with Crippen LogP contribution in [-0.2, 0) is 9.59 Å². The highest BCUT2D eigenvalue weighted by atomic mass is 16.5. The Hall–Kier alpha value is -3.12. The van der Waals surface area contributed by atoms with Crippen LogP contribution in [0.4, 0.5) is 5.69 Å². The average Bonchev–Trinajstić information content (AvgIpc) is 2.74. The molecule has 2 amide bonds. The van der Waals surface area contributed by atoms with Gasteiger partial charge in [-0.2, -0.15) is 0 Å². The number of nitrogens with zero attached hydrogens (tertiary/aromatic N) is 2. The van der Waals surface area contributed by atoms with Gasteiger partial charge in [-0.1, -0.05) is 42.5 Å². The Bertz CT molecular complexity index is 880. The summed E-state index contributed by atoms with van der Waals surface area (Å²) in [6.07, 6.45) is 2.96. The molecule has 1 aliphatic rings. The quantitative estimate of drug-likeness (QED) is 0.786. The van der Waals surface area contributed by atoms with E-state index in [-0.39, 0.29) is 24.9 Å². The Kier molecular flexibility index (Phi) is 7.03. The van der Waals surface area contributed by atoms with E-state index in [1.54, 1.807) is 31.2 Å². The summed E-state index contributed by atoms with van der Waals surface area (Å²) < 4.78 is 5.16. The van der Waals surface area contributed by atoms with Crippen LogP contribution in [0.5, 0.6) is 5.75 Å². The van der Waals surface area contributed by atoms with Crippen LogP contribution >= 0.6 is 0 Å². The molecular weight excluding hydrogens is 366 g/mol. The van der Waals surface area contributed by atoms with Gasteiger partial charge in [-0.15, -0.1) is 0 Å². The van der Waals surface area contributed by atoms with Gasteiger partial charge in [0, 0.05) is 24.8 Å². The van der Waals surface area contributed by atoms with Gasteiger partial charge in [0.25, 0.3) is 0 Å². The molecule has 0 radical (unpaired) electrons. The highest BCUT2D eigenvalue weighted by Crippen LogP contribution is 2.22. The van der Waals surface area contributed by atoms with Gasteiger partial charge in [0.15, 0.2) is 0 Å². The van der Waals surface area contributed by atoms with E-state index in [1.165, 1.54) is 11.1 Å². The summed E-state index contributed by atoms with van der Waals surface area (Å²) in [4.78, 5) is 28.4. The Morgan fingerprint density at radius 3 is 2.59 bits per heavy atom. The van der Waals surface area contributed by atoms with E-state index in [0.29, 0.717) is 24.5 Å². The molecular formula is C23H27N3O3. The molecule has 2 aromatic carbocycles. The monoisotopic (exact) mass is 393 g/mol. The fraction of sp³-hybridized carbons (Fsp3) is 0.304. The number of benzene rings is 2. The van der Waals surface area contributed by atoms with Gasteiger partial charge < -0.3 is 15.0 Å². The molecule has 0 fully saturated rings. The average molecular weight is 393 g/mol. The molecule has 0 unspecified atom stereocenters. The van der Waals surface area contributed by atoms with Crippen molar-refractivity contribution in [1.29, 1.82) is 0 Å². The lowest BCUT2D eigenvalue weighted by Crippen LogP contribution is -2.42. The molecule has 1 aliphatic heterocycles. The zero-order valence-electron chi connectivity index (χ0n) is 16.9. The first-order valence-electron chi connectivity index (χ1n) is 9.70. The fourth-order valence-electron chi connectivity index (χ4n) is 3.34. The SMILES string of the molecule is COc1cccc(NC(=O)CN(C)CC(=O)N2CC=C(c3ccccc3)CC2)c1. The van der Waals surface area contributed by atoms with E-state index in [1.807, 2.05) is 35.2 Å². The van der Waals surface area contributed by atoms with Gasteiger partial charge in [-0.05, 0) is 36.7 Å². The molecule has 0 bridgehead atoms. The molecule has 6 heteroatoms. The molecule has 0 atom stereocenters.